The number of nitrogen functional groups attached to an aromatic ring is 1. The topological polar surface area (TPSA) is 94.5 Å². The standard InChI is InChI=1S/C26H22F3N7/c1-16-5-4-6-17(15-16)22-21-23(30)36(20-10-8-18(9-11-20)26(27,28)29)35-24(21)34-25(33-22)32-14-12-19-7-2-3-13-31-19/h2-11,13,15H,12,14,30H2,1H3,(H,32,34,35). The number of aromatic nitrogens is 5. The highest BCUT2D eigenvalue weighted by molar-refractivity contribution is 5.99. The molecule has 0 aliphatic rings. The lowest BCUT2D eigenvalue weighted by Crippen LogP contribution is -2.09. The number of nitrogens with one attached hydrogen (secondary N) is 1. The summed E-state index contributed by atoms with van der Waals surface area (Å²) in [5.74, 6) is 0.605. The highest BCUT2D eigenvalue weighted by Crippen LogP contribution is 2.34. The number of hydrogen-bond acceptors (Lipinski definition) is 6. The number of hydrogen-bond donors (Lipinski definition) is 2. The molecule has 3 heterocycles. The number of fused-ring (bicyclic) bond motifs is 1. The molecule has 5 rings (SSSR count). The number of halogens is 3. The van der Waals surface area contributed by atoms with Crippen molar-refractivity contribution in [2.45, 2.75) is 19.5 Å². The molecule has 0 amide bonds. The Bertz CT molecular complexity index is 1510. The second kappa shape index (κ2) is 9.29. The summed E-state index contributed by atoms with van der Waals surface area (Å²) < 4.78 is 40.4. The van der Waals surface area contributed by atoms with Gasteiger partial charge in [0.1, 0.15) is 5.82 Å². The summed E-state index contributed by atoms with van der Waals surface area (Å²) in [5.41, 5.74) is 9.82. The average Bonchev–Trinajstić information content (AvgIpc) is 3.20. The number of benzene rings is 2. The van der Waals surface area contributed by atoms with Gasteiger partial charge in [-0.05, 0) is 49.4 Å². The van der Waals surface area contributed by atoms with Gasteiger partial charge < -0.3 is 11.1 Å². The first-order chi connectivity index (χ1) is 17.3. The first-order valence-corrected chi connectivity index (χ1v) is 11.2. The Labute approximate surface area is 204 Å². The van der Waals surface area contributed by atoms with Crippen molar-refractivity contribution in [3.05, 3.63) is 89.7 Å². The van der Waals surface area contributed by atoms with Crippen LogP contribution < -0.4 is 11.1 Å². The van der Waals surface area contributed by atoms with E-state index < -0.39 is 11.7 Å². The molecule has 0 saturated carbocycles. The number of alkyl halides is 3. The molecule has 5 aromatic rings. The predicted octanol–water partition coefficient (Wildman–Crippen LogP) is 5.44. The molecule has 36 heavy (non-hydrogen) atoms. The minimum absolute atomic E-state index is 0.237. The summed E-state index contributed by atoms with van der Waals surface area (Å²) in [6, 6.07) is 18.2. The Morgan fingerprint density at radius 3 is 2.47 bits per heavy atom. The Hall–Kier alpha value is -4.47. The zero-order valence-corrected chi connectivity index (χ0v) is 19.3. The van der Waals surface area contributed by atoms with Crippen LogP contribution in [0.3, 0.4) is 0 Å². The molecule has 7 nitrogen and oxygen atoms in total. The van der Waals surface area contributed by atoms with E-state index in [2.05, 4.69) is 20.4 Å². The molecule has 3 aromatic heterocycles. The van der Waals surface area contributed by atoms with Gasteiger partial charge >= 0.3 is 6.18 Å². The van der Waals surface area contributed by atoms with E-state index in [0.717, 1.165) is 29.0 Å². The third-order valence-electron chi connectivity index (χ3n) is 5.69. The quantitative estimate of drug-likeness (QED) is 0.330. The van der Waals surface area contributed by atoms with Crippen LogP contribution in [0.1, 0.15) is 16.8 Å². The molecule has 0 atom stereocenters. The van der Waals surface area contributed by atoms with Crippen molar-refractivity contribution < 1.29 is 13.2 Å². The minimum atomic E-state index is -4.43. The zero-order valence-electron chi connectivity index (χ0n) is 19.3. The van der Waals surface area contributed by atoms with E-state index in [-0.39, 0.29) is 5.82 Å². The summed E-state index contributed by atoms with van der Waals surface area (Å²) >= 11 is 0. The summed E-state index contributed by atoms with van der Waals surface area (Å²) in [4.78, 5) is 13.6. The summed E-state index contributed by atoms with van der Waals surface area (Å²) in [6.07, 6.45) is -2.02. The summed E-state index contributed by atoms with van der Waals surface area (Å²) in [5, 5.41) is 8.27. The van der Waals surface area contributed by atoms with Gasteiger partial charge in [-0.25, -0.2) is 9.67 Å². The summed E-state index contributed by atoms with van der Waals surface area (Å²) in [6.45, 7) is 2.52. The average molecular weight is 490 g/mol. The second-order valence-electron chi connectivity index (χ2n) is 8.30. The van der Waals surface area contributed by atoms with Crippen molar-refractivity contribution in [2.24, 2.45) is 0 Å². The van der Waals surface area contributed by atoms with Crippen LogP contribution in [-0.4, -0.2) is 31.3 Å². The Kier molecular flexibility index (Phi) is 6.01. The van der Waals surface area contributed by atoms with Crippen molar-refractivity contribution in [1.29, 1.82) is 0 Å². The van der Waals surface area contributed by atoms with Gasteiger partial charge in [0.25, 0.3) is 0 Å². The van der Waals surface area contributed by atoms with E-state index in [0.29, 0.717) is 41.3 Å². The Morgan fingerprint density at radius 1 is 0.972 bits per heavy atom. The van der Waals surface area contributed by atoms with Crippen LogP contribution in [0.2, 0.25) is 0 Å². The minimum Gasteiger partial charge on any atom is -0.383 e. The van der Waals surface area contributed by atoms with E-state index in [4.69, 9.17) is 10.7 Å². The van der Waals surface area contributed by atoms with Gasteiger partial charge in [0, 0.05) is 30.4 Å². The monoisotopic (exact) mass is 489 g/mol. The fourth-order valence-corrected chi connectivity index (χ4v) is 3.93. The molecule has 0 aliphatic carbocycles. The fraction of sp³-hybridized carbons (Fsp3) is 0.154. The SMILES string of the molecule is Cc1cccc(-c2nc(NCCc3ccccn3)nc3nn(-c4ccc(C(F)(F)F)cc4)c(N)c23)c1. The van der Waals surface area contributed by atoms with Crippen LogP contribution in [0.25, 0.3) is 28.0 Å². The maximum atomic E-state index is 13.0. The van der Waals surface area contributed by atoms with Crippen molar-refractivity contribution in [2.75, 3.05) is 17.6 Å². The van der Waals surface area contributed by atoms with Gasteiger partial charge in [0.2, 0.25) is 5.95 Å². The van der Waals surface area contributed by atoms with E-state index in [1.807, 2.05) is 49.4 Å². The molecule has 0 spiro atoms. The largest absolute Gasteiger partial charge is 0.416 e. The van der Waals surface area contributed by atoms with E-state index in [1.54, 1.807) is 6.20 Å². The highest BCUT2D eigenvalue weighted by Gasteiger charge is 2.30. The Balaban J connectivity index is 1.56. The van der Waals surface area contributed by atoms with Gasteiger partial charge in [-0.2, -0.15) is 18.2 Å². The van der Waals surface area contributed by atoms with Crippen LogP contribution >= 0.6 is 0 Å². The lowest BCUT2D eigenvalue weighted by molar-refractivity contribution is -0.137. The van der Waals surface area contributed by atoms with Crippen molar-refractivity contribution in [1.82, 2.24) is 24.7 Å². The van der Waals surface area contributed by atoms with Crippen LogP contribution in [0.5, 0.6) is 0 Å². The van der Waals surface area contributed by atoms with E-state index >= 15 is 0 Å². The maximum absolute atomic E-state index is 13.0. The normalized spacial score (nSPS) is 11.7. The van der Waals surface area contributed by atoms with Gasteiger partial charge in [0.15, 0.2) is 5.65 Å². The molecule has 2 aromatic carbocycles. The molecule has 0 fully saturated rings. The summed E-state index contributed by atoms with van der Waals surface area (Å²) in [7, 11) is 0. The van der Waals surface area contributed by atoms with Crippen LogP contribution in [0, 0.1) is 6.92 Å². The maximum Gasteiger partial charge on any atom is 0.416 e. The lowest BCUT2D eigenvalue weighted by Gasteiger charge is -2.09. The molecular weight excluding hydrogens is 467 g/mol. The lowest BCUT2D eigenvalue weighted by atomic mass is 10.1. The number of rotatable bonds is 6. The van der Waals surface area contributed by atoms with Crippen molar-refractivity contribution in [3.63, 3.8) is 0 Å². The number of pyridine rings is 1. The van der Waals surface area contributed by atoms with E-state index in [9.17, 15) is 13.2 Å². The zero-order chi connectivity index (χ0) is 25.3. The molecule has 0 radical (unpaired) electrons. The van der Waals surface area contributed by atoms with Gasteiger partial charge in [-0.1, -0.05) is 29.8 Å². The van der Waals surface area contributed by atoms with Crippen molar-refractivity contribution in [3.8, 4) is 16.9 Å². The Morgan fingerprint density at radius 2 is 1.78 bits per heavy atom. The van der Waals surface area contributed by atoms with E-state index in [1.165, 1.54) is 16.8 Å². The molecule has 0 aliphatic heterocycles. The molecule has 0 bridgehead atoms. The first-order valence-electron chi connectivity index (χ1n) is 11.2. The fourth-order valence-electron chi connectivity index (χ4n) is 3.93. The van der Waals surface area contributed by atoms with Gasteiger partial charge in [-0.3, -0.25) is 4.98 Å². The predicted molar refractivity (Wildman–Crippen MR) is 133 cm³/mol. The third kappa shape index (κ3) is 4.70. The smallest absolute Gasteiger partial charge is 0.383 e. The highest BCUT2D eigenvalue weighted by atomic mass is 19.4. The number of nitrogens with two attached hydrogens (primary N) is 1. The van der Waals surface area contributed by atoms with Crippen LogP contribution in [0.4, 0.5) is 24.9 Å². The van der Waals surface area contributed by atoms with Crippen LogP contribution in [-0.2, 0) is 12.6 Å². The molecule has 10 heteroatoms. The molecule has 182 valence electrons. The van der Waals surface area contributed by atoms with Crippen LogP contribution in [0.15, 0.2) is 72.9 Å². The number of aryl methyl sites for hydroxylation is 1. The van der Waals surface area contributed by atoms with Crippen molar-refractivity contribution >= 4 is 22.8 Å². The number of nitrogens with zero attached hydrogens (tertiary/aromatic N) is 5. The third-order valence-corrected chi connectivity index (χ3v) is 5.69. The van der Waals surface area contributed by atoms with Gasteiger partial charge in [-0.15, -0.1) is 5.10 Å². The number of anilines is 2. The molecular formula is C26H22F3N7. The molecule has 3 N–H and O–H groups in total. The second-order valence-corrected chi connectivity index (χ2v) is 8.30. The van der Waals surface area contributed by atoms with Gasteiger partial charge in [0.05, 0.1) is 22.3 Å². The molecule has 0 saturated heterocycles. The molecule has 0 unspecified atom stereocenters. The first kappa shape index (κ1) is 23.3.